The van der Waals surface area contributed by atoms with Crippen LogP contribution in [0.25, 0.3) is 22.0 Å². The van der Waals surface area contributed by atoms with Gasteiger partial charge in [0.25, 0.3) is 0 Å². The number of hydrogen-bond acceptors (Lipinski definition) is 5. The predicted molar refractivity (Wildman–Crippen MR) is 95.8 cm³/mol. The van der Waals surface area contributed by atoms with Crippen molar-refractivity contribution in [2.24, 2.45) is 10.8 Å². The van der Waals surface area contributed by atoms with Crippen molar-refractivity contribution in [3.8, 4) is 17.2 Å². The number of amidine groups is 1. The number of nitrogens with one attached hydrogen (secondary N) is 2. The summed E-state index contributed by atoms with van der Waals surface area (Å²) in [5.74, 6) is -0.371. The molecule has 0 aliphatic heterocycles. The number of hydrogen-bond donors (Lipinski definition) is 3. The largest absolute Gasteiger partial charge is 0.382 e. The summed E-state index contributed by atoms with van der Waals surface area (Å²) in [5.41, 5.74) is 11.5. The van der Waals surface area contributed by atoms with Gasteiger partial charge in [-0.05, 0) is 29.8 Å². The van der Waals surface area contributed by atoms with Crippen molar-refractivity contribution in [1.29, 1.82) is 10.7 Å². The fraction of sp³-hybridized carbons (Fsp3) is 0. The molecule has 4 N–H and O–H groups in total. The zero-order chi connectivity index (χ0) is 16.9. The lowest BCUT2D eigenvalue weighted by atomic mass is 10.1. The first-order valence-corrected chi connectivity index (χ1v) is 7.21. The Morgan fingerprint density at radius 3 is 2.58 bits per heavy atom. The van der Waals surface area contributed by atoms with Crippen LogP contribution in [-0.4, -0.2) is 16.5 Å². The van der Waals surface area contributed by atoms with Crippen molar-refractivity contribution in [3.63, 3.8) is 0 Å². The summed E-state index contributed by atoms with van der Waals surface area (Å²) >= 11 is 0. The Balaban J connectivity index is 1.83. The summed E-state index contributed by atoms with van der Waals surface area (Å²) in [6, 6.07) is 19.3. The van der Waals surface area contributed by atoms with Crippen LogP contribution >= 0.6 is 0 Å². The van der Waals surface area contributed by atoms with Crippen molar-refractivity contribution < 1.29 is 0 Å². The van der Waals surface area contributed by atoms with Crippen molar-refractivity contribution in [2.45, 2.75) is 0 Å². The van der Waals surface area contributed by atoms with Crippen LogP contribution in [0.3, 0.4) is 0 Å². The van der Waals surface area contributed by atoms with Gasteiger partial charge in [0, 0.05) is 17.1 Å². The van der Waals surface area contributed by atoms with Gasteiger partial charge < -0.3 is 5.73 Å². The van der Waals surface area contributed by atoms with Gasteiger partial charge in [-0.3, -0.25) is 15.8 Å². The van der Waals surface area contributed by atoms with Crippen LogP contribution in [0.15, 0.2) is 65.9 Å². The minimum absolute atomic E-state index is 0.155. The highest BCUT2D eigenvalue weighted by Gasteiger charge is 2.03. The van der Waals surface area contributed by atoms with E-state index >= 15 is 0 Å². The van der Waals surface area contributed by atoms with Crippen LogP contribution < -0.4 is 11.2 Å². The standard InChI is InChI=1S/C18H14N6/c19-10-17(18(20)21)24-23-15-7-5-12(6-8-15)14-9-13-3-1-2-4-16(13)22-11-14/h1-9,11,23H,(H3,20,21)/b24-17+. The van der Waals surface area contributed by atoms with E-state index in [4.69, 9.17) is 16.4 Å². The van der Waals surface area contributed by atoms with Gasteiger partial charge in [0.2, 0.25) is 5.71 Å². The van der Waals surface area contributed by atoms with Crippen LogP contribution in [0.1, 0.15) is 0 Å². The summed E-state index contributed by atoms with van der Waals surface area (Å²) in [6.45, 7) is 0. The number of fused-ring (bicyclic) bond motifs is 1. The lowest BCUT2D eigenvalue weighted by molar-refractivity contribution is 1.33. The lowest BCUT2D eigenvalue weighted by Gasteiger charge is -2.05. The second-order valence-electron chi connectivity index (χ2n) is 5.09. The van der Waals surface area contributed by atoms with Gasteiger partial charge in [0.1, 0.15) is 6.07 Å². The molecule has 1 aromatic heterocycles. The summed E-state index contributed by atoms with van der Waals surface area (Å²) < 4.78 is 0. The zero-order valence-electron chi connectivity index (χ0n) is 12.7. The molecule has 2 aromatic carbocycles. The van der Waals surface area contributed by atoms with E-state index in [1.165, 1.54) is 0 Å². The van der Waals surface area contributed by atoms with Crippen molar-refractivity contribution >= 4 is 28.1 Å². The maximum Gasteiger partial charge on any atom is 0.201 e. The van der Waals surface area contributed by atoms with E-state index in [0.29, 0.717) is 5.69 Å². The Bertz CT molecular complexity index is 967. The van der Waals surface area contributed by atoms with Gasteiger partial charge in [0.05, 0.1) is 11.2 Å². The summed E-state index contributed by atoms with van der Waals surface area (Å²) in [5, 5.41) is 20.9. The molecule has 6 heteroatoms. The molecule has 6 nitrogen and oxygen atoms in total. The number of pyridine rings is 1. The number of benzene rings is 2. The molecule has 0 bridgehead atoms. The average molecular weight is 314 g/mol. The van der Waals surface area contributed by atoms with Gasteiger partial charge in [-0.2, -0.15) is 10.4 Å². The summed E-state index contributed by atoms with van der Waals surface area (Å²) in [6.07, 6.45) is 1.84. The van der Waals surface area contributed by atoms with Gasteiger partial charge in [0.15, 0.2) is 5.84 Å². The van der Waals surface area contributed by atoms with E-state index < -0.39 is 0 Å². The van der Waals surface area contributed by atoms with Gasteiger partial charge in [-0.1, -0.05) is 30.3 Å². The van der Waals surface area contributed by atoms with E-state index in [2.05, 4.69) is 21.6 Å². The van der Waals surface area contributed by atoms with E-state index in [9.17, 15) is 0 Å². The third-order valence-electron chi connectivity index (χ3n) is 3.47. The Kier molecular flexibility index (Phi) is 4.17. The zero-order valence-corrected chi connectivity index (χ0v) is 12.7. The molecule has 0 saturated carbocycles. The molecule has 0 aliphatic carbocycles. The second kappa shape index (κ2) is 6.58. The van der Waals surface area contributed by atoms with Crippen LogP contribution in [0.5, 0.6) is 0 Å². The number of rotatable bonds is 4. The van der Waals surface area contributed by atoms with Crippen LogP contribution in [0, 0.1) is 16.7 Å². The molecule has 3 aromatic rings. The van der Waals surface area contributed by atoms with E-state index in [1.807, 2.05) is 54.7 Å². The highest BCUT2D eigenvalue weighted by Crippen LogP contribution is 2.24. The molecule has 0 aliphatic rings. The number of nitrogens with two attached hydrogens (primary N) is 1. The minimum atomic E-state index is -0.371. The lowest BCUT2D eigenvalue weighted by Crippen LogP contribution is -2.21. The fourth-order valence-corrected chi connectivity index (χ4v) is 2.23. The first-order chi connectivity index (χ1) is 11.7. The SMILES string of the molecule is N#C/C(=N\Nc1ccc(-c2cnc3ccccc3c2)cc1)C(=N)N. The fourth-order valence-electron chi connectivity index (χ4n) is 2.23. The van der Waals surface area contributed by atoms with E-state index in [-0.39, 0.29) is 11.5 Å². The first-order valence-electron chi connectivity index (χ1n) is 7.21. The highest BCUT2D eigenvalue weighted by atomic mass is 15.3. The first kappa shape index (κ1) is 15.2. The predicted octanol–water partition coefficient (Wildman–Crippen LogP) is 3.13. The Morgan fingerprint density at radius 2 is 1.88 bits per heavy atom. The third kappa shape index (κ3) is 3.20. The molecule has 0 spiro atoms. The molecule has 0 atom stereocenters. The molecule has 3 rings (SSSR count). The Labute approximate surface area is 138 Å². The smallest absolute Gasteiger partial charge is 0.201 e. The topological polar surface area (TPSA) is 111 Å². The van der Waals surface area contributed by atoms with Crippen LogP contribution in [0.4, 0.5) is 5.69 Å². The Morgan fingerprint density at radius 1 is 1.12 bits per heavy atom. The van der Waals surface area contributed by atoms with E-state index in [1.54, 1.807) is 6.07 Å². The third-order valence-corrected chi connectivity index (χ3v) is 3.47. The number of anilines is 1. The van der Waals surface area contributed by atoms with Crippen molar-refractivity contribution in [3.05, 3.63) is 60.8 Å². The van der Waals surface area contributed by atoms with Crippen LogP contribution in [0.2, 0.25) is 0 Å². The molecule has 0 radical (unpaired) electrons. The van der Waals surface area contributed by atoms with Crippen LogP contribution in [-0.2, 0) is 0 Å². The molecule has 0 unspecified atom stereocenters. The molecule has 0 fully saturated rings. The molecule has 116 valence electrons. The van der Waals surface area contributed by atoms with Gasteiger partial charge in [-0.15, -0.1) is 0 Å². The monoisotopic (exact) mass is 314 g/mol. The number of nitriles is 1. The molecule has 24 heavy (non-hydrogen) atoms. The normalized spacial score (nSPS) is 11.0. The summed E-state index contributed by atoms with van der Waals surface area (Å²) in [7, 11) is 0. The van der Waals surface area contributed by atoms with Gasteiger partial charge >= 0.3 is 0 Å². The van der Waals surface area contributed by atoms with E-state index in [0.717, 1.165) is 22.0 Å². The van der Waals surface area contributed by atoms with Gasteiger partial charge in [-0.25, -0.2) is 0 Å². The van der Waals surface area contributed by atoms with Crippen molar-refractivity contribution in [1.82, 2.24) is 4.98 Å². The Hall–Kier alpha value is -3.72. The number of para-hydroxylation sites is 1. The maximum atomic E-state index is 8.81. The quantitative estimate of drug-likeness (QED) is 0.390. The minimum Gasteiger partial charge on any atom is -0.382 e. The number of nitrogens with zero attached hydrogens (tertiary/aromatic N) is 3. The maximum absolute atomic E-state index is 8.81. The molecular weight excluding hydrogens is 300 g/mol. The second-order valence-corrected chi connectivity index (χ2v) is 5.09. The van der Waals surface area contributed by atoms with Crippen molar-refractivity contribution in [2.75, 3.05) is 5.43 Å². The molecular formula is C18H14N6. The molecule has 1 heterocycles. The molecule has 0 saturated heterocycles. The number of aromatic nitrogens is 1. The number of hydrazone groups is 1. The molecule has 0 amide bonds. The average Bonchev–Trinajstić information content (AvgIpc) is 2.62. The highest BCUT2D eigenvalue weighted by molar-refractivity contribution is 6.45. The summed E-state index contributed by atoms with van der Waals surface area (Å²) in [4.78, 5) is 4.46.